The largest absolute Gasteiger partial charge is 0.385 e. The number of allylic oxidation sites excluding steroid dienone is 1. The molecule has 0 aliphatic carbocycles. The monoisotopic (exact) mass is 210 g/mol. The van der Waals surface area contributed by atoms with Crippen molar-refractivity contribution in [1.29, 1.82) is 0 Å². The minimum atomic E-state index is -0.0644. The van der Waals surface area contributed by atoms with Crippen LogP contribution in [0.3, 0.4) is 0 Å². The number of nitrogens with one attached hydrogen (secondary N) is 2. The number of hydrogen-bond acceptors (Lipinski definition) is 2. The second-order valence-corrected chi connectivity index (χ2v) is 4.38. The maximum Gasteiger partial charge on any atom is 0.0803 e. The van der Waals surface area contributed by atoms with Gasteiger partial charge in [0, 0.05) is 29.4 Å². The Kier molecular flexibility index (Phi) is 2.20. The summed E-state index contributed by atoms with van der Waals surface area (Å²) in [6.45, 7) is 9.89. The van der Waals surface area contributed by atoms with Gasteiger partial charge in [-0.1, -0.05) is 23.8 Å². The summed E-state index contributed by atoms with van der Waals surface area (Å²) in [5.74, 6) is 0. The van der Waals surface area contributed by atoms with Crippen molar-refractivity contribution in [2.24, 2.45) is 0 Å². The molecule has 0 aromatic heterocycles. The third-order valence-corrected chi connectivity index (χ3v) is 3.29. The molecule has 0 saturated carbocycles. The summed E-state index contributed by atoms with van der Waals surface area (Å²) in [4.78, 5) is 0. The Labute approximate surface area is 89.7 Å². The van der Waals surface area contributed by atoms with E-state index < -0.39 is 0 Å². The van der Waals surface area contributed by atoms with E-state index in [1.807, 2.05) is 13.0 Å². The maximum atomic E-state index is 6.23. The smallest absolute Gasteiger partial charge is 0.0803 e. The van der Waals surface area contributed by atoms with Crippen molar-refractivity contribution in [1.82, 2.24) is 10.6 Å². The molecule has 1 atom stereocenters. The third kappa shape index (κ3) is 1.30. The molecule has 2 rings (SSSR count). The van der Waals surface area contributed by atoms with Crippen LogP contribution in [0.1, 0.15) is 13.8 Å². The molecule has 2 nitrogen and oxygen atoms in total. The standard InChI is InChI=1S/C11H15ClN2/c1-7(2)11(6-14-11)10-8(3)13-5-4-9(10)12/h4,13-14H,1,5-6H2,2-3H3. The summed E-state index contributed by atoms with van der Waals surface area (Å²) in [6.07, 6.45) is 2.01. The Bertz CT molecular complexity index is 348. The van der Waals surface area contributed by atoms with E-state index in [1.54, 1.807) is 0 Å². The van der Waals surface area contributed by atoms with E-state index in [0.717, 1.165) is 35.0 Å². The lowest BCUT2D eigenvalue weighted by Crippen LogP contribution is -2.28. The fourth-order valence-electron chi connectivity index (χ4n) is 1.97. The van der Waals surface area contributed by atoms with Crippen molar-refractivity contribution in [2.75, 3.05) is 13.1 Å². The third-order valence-electron chi connectivity index (χ3n) is 2.95. The van der Waals surface area contributed by atoms with Gasteiger partial charge in [0.15, 0.2) is 0 Å². The molecule has 1 saturated heterocycles. The zero-order valence-corrected chi connectivity index (χ0v) is 9.33. The molecule has 14 heavy (non-hydrogen) atoms. The maximum absolute atomic E-state index is 6.23. The van der Waals surface area contributed by atoms with Crippen molar-refractivity contribution in [3.63, 3.8) is 0 Å². The molecule has 76 valence electrons. The Hall–Kier alpha value is -0.730. The first-order valence-corrected chi connectivity index (χ1v) is 5.18. The van der Waals surface area contributed by atoms with E-state index in [9.17, 15) is 0 Å². The van der Waals surface area contributed by atoms with Crippen molar-refractivity contribution >= 4 is 11.6 Å². The second kappa shape index (κ2) is 3.14. The van der Waals surface area contributed by atoms with Crippen LogP contribution in [0.15, 0.2) is 34.5 Å². The fourth-order valence-corrected chi connectivity index (χ4v) is 2.35. The highest BCUT2D eigenvalue weighted by Crippen LogP contribution is 2.41. The quantitative estimate of drug-likeness (QED) is 0.539. The summed E-state index contributed by atoms with van der Waals surface area (Å²) in [7, 11) is 0. The summed E-state index contributed by atoms with van der Waals surface area (Å²) in [5, 5.41) is 7.51. The fraction of sp³-hybridized carbons (Fsp3) is 0.455. The molecular weight excluding hydrogens is 196 g/mol. The Morgan fingerprint density at radius 1 is 1.64 bits per heavy atom. The van der Waals surface area contributed by atoms with E-state index >= 15 is 0 Å². The van der Waals surface area contributed by atoms with Gasteiger partial charge < -0.3 is 10.6 Å². The molecule has 0 radical (unpaired) electrons. The van der Waals surface area contributed by atoms with E-state index in [1.165, 1.54) is 0 Å². The first-order chi connectivity index (χ1) is 6.58. The van der Waals surface area contributed by atoms with Crippen LogP contribution in [0.4, 0.5) is 0 Å². The summed E-state index contributed by atoms with van der Waals surface area (Å²) >= 11 is 6.23. The number of rotatable bonds is 2. The lowest BCUT2D eigenvalue weighted by atomic mass is 9.89. The van der Waals surface area contributed by atoms with Gasteiger partial charge in [-0.15, -0.1) is 0 Å². The van der Waals surface area contributed by atoms with Gasteiger partial charge in [-0.05, 0) is 19.9 Å². The van der Waals surface area contributed by atoms with Crippen molar-refractivity contribution in [2.45, 2.75) is 19.4 Å². The van der Waals surface area contributed by atoms with Gasteiger partial charge in [0.05, 0.1) is 5.54 Å². The van der Waals surface area contributed by atoms with Gasteiger partial charge in [-0.3, -0.25) is 0 Å². The summed E-state index contributed by atoms with van der Waals surface area (Å²) < 4.78 is 0. The molecule has 0 aromatic rings. The molecule has 0 bridgehead atoms. The molecule has 1 unspecified atom stereocenters. The van der Waals surface area contributed by atoms with Gasteiger partial charge in [-0.25, -0.2) is 0 Å². The molecule has 2 aliphatic heterocycles. The highest BCUT2D eigenvalue weighted by molar-refractivity contribution is 6.32. The lowest BCUT2D eigenvalue weighted by molar-refractivity contribution is 0.783. The molecule has 1 fully saturated rings. The average molecular weight is 211 g/mol. The lowest BCUT2D eigenvalue weighted by Gasteiger charge is -2.24. The van der Waals surface area contributed by atoms with Gasteiger partial charge in [0.1, 0.15) is 0 Å². The average Bonchev–Trinajstić information content (AvgIpc) is 2.85. The van der Waals surface area contributed by atoms with Gasteiger partial charge in [0.2, 0.25) is 0 Å². The Morgan fingerprint density at radius 2 is 2.29 bits per heavy atom. The van der Waals surface area contributed by atoms with Crippen LogP contribution in [0.5, 0.6) is 0 Å². The van der Waals surface area contributed by atoms with Gasteiger partial charge >= 0.3 is 0 Å². The van der Waals surface area contributed by atoms with Crippen LogP contribution in [0, 0.1) is 0 Å². The summed E-state index contributed by atoms with van der Waals surface area (Å²) in [5.41, 5.74) is 3.39. The summed E-state index contributed by atoms with van der Waals surface area (Å²) in [6, 6.07) is 0. The van der Waals surface area contributed by atoms with Crippen LogP contribution in [0.2, 0.25) is 0 Å². The van der Waals surface area contributed by atoms with E-state index in [4.69, 9.17) is 11.6 Å². The van der Waals surface area contributed by atoms with Crippen molar-refractivity contribution < 1.29 is 0 Å². The molecular formula is C11H15ClN2. The molecule has 2 N–H and O–H groups in total. The minimum absolute atomic E-state index is 0.0644. The van der Waals surface area contributed by atoms with E-state index in [-0.39, 0.29) is 5.54 Å². The van der Waals surface area contributed by atoms with E-state index in [2.05, 4.69) is 24.1 Å². The first-order valence-electron chi connectivity index (χ1n) is 4.80. The number of dihydropyridines is 1. The number of halogens is 1. The zero-order chi connectivity index (χ0) is 10.3. The topological polar surface area (TPSA) is 34.0 Å². The van der Waals surface area contributed by atoms with Crippen molar-refractivity contribution in [3.8, 4) is 0 Å². The highest BCUT2D eigenvalue weighted by Gasteiger charge is 2.48. The van der Waals surface area contributed by atoms with Crippen LogP contribution < -0.4 is 10.6 Å². The van der Waals surface area contributed by atoms with Crippen LogP contribution in [0.25, 0.3) is 0 Å². The van der Waals surface area contributed by atoms with Gasteiger partial charge in [0.25, 0.3) is 0 Å². The Balaban J connectivity index is 2.42. The molecule has 0 aromatic carbocycles. The highest BCUT2D eigenvalue weighted by atomic mass is 35.5. The van der Waals surface area contributed by atoms with Crippen LogP contribution in [-0.2, 0) is 0 Å². The molecule has 2 heterocycles. The molecule has 3 heteroatoms. The van der Waals surface area contributed by atoms with Crippen molar-refractivity contribution in [3.05, 3.63) is 34.5 Å². The predicted octanol–water partition coefficient (Wildman–Crippen LogP) is 1.90. The normalized spacial score (nSPS) is 30.9. The number of hydrogen-bond donors (Lipinski definition) is 2. The zero-order valence-electron chi connectivity index (χ0n) is 8.58. The predicted molar refractivity (Wildman–Crippen MR) is 60.2 cm³/mol. The SMILES string of the molecule is C=C(C)C1(C2=C(C)NCC=C2Cl)CN1. The second-order valence-electron chi connectivity index (χ2n) is 3.97. The molecule has 0 spiro atoms. The van der Waals surface area contributed by atoms with Gasteiger partial charge in [-0.2, -0.15) is 0 Å². The Morgan fingerprint density at radius 3 is 2.71 bits per heavy atom. The van der Waals surface area contributed by atoms with Crippen LogP contribution in [-0.4, -0.2) is 18.6 Å². The van der Waals surface area contributed by atoms with E-state index in [0.29, 0.717) is 0 Å². The van der Waals surface area contributed by atoms with Crippen LogP contribution >= 0.6 is 11.6 Å². The molecule has 2 aliphatic rings. The minimum Gasteiger partial charge on any atom is -0.385 e. The molecule has 0 amide bonds. The first kappa shape index (κ1) is 9.81.